The Hall–Kier alpha value is -1.63. The summed E-state index contributed by atoms with van der Waals surface area (Å²) in [6.45, 7) is 8.68. The number of rotatable bonds is 1. The number of aromatic nitrogens is 1. The molecule has 1 nitrogen and oxygen atoms in total. The van der Waals surface area contributed by atoms with Gasteiger partial charge in [-0.3, -0.25) is 4.98 Å². The Morgan fingerprint density at radius 3 is 2.29 bits per heavy atom. The number of pyridine rings is 1. The van der Waals surface area contributed by atoms with Crippen LogP contribution in [-0.4, -0.2) is 4.98 Å². The Bertz CT molecular complexity index is 521. The van der Waals surface area contributed by atoms with Crippen molar-refractivity contribution >= 4 is 0 Å². The molecule has 0 amide bonds. The fourth-order valence-corrected chi connectivity index (χ4v) is 1.82. The van der Waals surface area contributed by atoms with Crippen molar-refractivity contribution in [1.82, 2.24) is 4.98 Å². The van der Waals surface area contributed by atoms with Crippen LogP contribution in [0.25, 0.3) is 11.3 Å². The first-order valence-electron chi connectivity index (χ1n) is 6.01. The second kappa shape index (κ2) is 4.33. The highest BCUT2D eigenvalue weighted by atomic mass is 14.7. The van der Waals surface area contributed by atoms with Gasteiger partial charge in [0.25, 0.3) is 0 Å². The van der Waals surface area contributed by atoms with E-state index in [1.165, 1.54) is 11.1 Å². The third-order valence-electron chi connectivity index (χ3n) is 2.83. The minimum Gasteiger partial charge on any atom is -0.252 e. The second-order valence-corrected chi connectivity index (χ2v) is 5.53. The minimum absolute atomic E-state index is 0.0971. The summed E-state index contributed by atoms with van der Waals surface area (Å²) in [4.78, 5) is 4.76. The summed E-state index contributed by atoms with van der Waals surface area (Å²) >= 11 is 0. The summed E-state index contributed by atoms with van der Waals surface area (Å²) in [6, 6.07) is 14.7. The van der Waals surface area contributed by atoms with E-state index < -0.39 is 0 Å². The highest BCUT2D eigenvalue weighted by Gasteiger charge is 2.15. The van der Waals surface area contributed by atoms with E-state index in [2.05, 4.69) is 70.2 Å². The van der Waals surface area contributed by atoms with Gasteiger partial charge in [0.15, 0.2) is 0 Å². The predicted octanol–water partition coefficient (Wildman–Crippen LogP) is 4.35. The number of benzene rings is 1. The van der Waals surface area contributed by atoms with Crippen LogP contribution < -0.4 is 0 Å². The second-order valence-electron chi connectivity index (χ2n) is 5.53. The first-order chi connectivity index (χ1) is 7.97. The quantitative estimate of drug-likeness (QED) is 0.703. The molecule has 0 fully saturated rings. The highest BCUT2D eigenvalue weighted by molar-refractivity contribution is 5.60. The molecule has 0 unspecified atom stereocenters. The number of hydrogen-bond donors (Lipinski definition) is 0. The Morgan fingerprint density at radius 1 is 0.941 bits per heavy atom. The van der Waals surface area contributed by atoms with Gasteiger partial charge >= 0.3 is 0 Å². The SMILES string of the molecule is Cc1cccc(-c2cccc(C(C)(C)C)n2)c1. The van der Waals surface area contributed by atoms with Crippen molar-refractivity contribution in [3.05, 3.63) is 53.7 Å². The molecule has 0 aliphatic heterocycles. The summed E-state index contributed by atoms with van der Waals surface area (Å²) in [7, 11) is 0. The fourth-order valence-electron chi connectivity index (χ4n) is 1.82. The van der Waals surface area contributed by atoms with E-state index in [0.717, 1.165) is 11.4 Å². The number of nitrogens with zero attached hydrogens (tertiary/aromatic N) is 1. The molecule has 0 spiro atoms. The Balaban J connectivity index is 2.47. The molecule has 0 bridgehead atoms. The van der Waals surface area contributed by atoms with Crippen molar-refractivity contribution < 1.29 is 0 Å². The molecular weight excluding hydrogens is 206 g/mol. The van der Waals surface area contributed by atoms with E-state index in [4.69, 9.17) is 4.98 Å². The Kier molecular flexibility index (Phi) is 3.01. The van der Waals surface area contributed by atoms with Crippen LogP contribution in [0.3, 0.4) is 0 Å². The molecule has 0 saturated heterocycles. The molecule has 2 aromatic rings. The van der Waals surface area contributed by atoms with E-state index >= 15 is 0 Å². The molecule has 1 heterocycles. The van der Waals surface area contributed by atoms with Crippen LogP contribution in [0.15, 0.2) is 42.5 Å². The highest BCUT2D eigenvalue weighted by Crippen LogP contribution is 2.24. The van der Waals surface area contributed by atoms with Crippen molar-refractivity contribution in [3.8, 4) is 11.3 Å². The van der Waals surface area contributed by atoms with Gasteiger partial charge in [0.1, 0.15) is 0 Å². The van der Waals surface area contributed by atoms with Crippen LogP contribution in [0.4, 0.5) is 0 Å². The van der Waals surface area contributed by atoms with Crippen molar-refractivity contribution in [2.24, 2.45) is 0 Å². The summed E-state index contributed by atoms with van der Waals surface area (Å²) < 4.78 is 0. The Morgan fingerprint density at radius 2 is 1.65 bits per heavy atom. The van der Waals surface area contributed by atoms with Gasteiger partial charge in [-0.25, -0.2) is 0 Å². The molecule has 0 radical (unpaired) electrons. The maximum absolute atomic E-state index is 4.76. The average molecular weight is 225 g/mol. The number of aryl methyl sites for hydroxylation is 1. The molecule has 1 aromatic carbocycles. The van der Waals surface area contributed by atoms with E-state index in [1.807, 2.05) is 0 Å². The molecule has 0 saturated carbocycles. The monoisotopic (exact) mass is 225 g/mol. The van der Waals surface area contributed by atoms with E-state index in [-0.39, 0.29) is 5.41 Å². The van der Waals surface area contributed by atoms with Gasteiger partial charge in [-0.05, 0) is 25.1 Å². The van der Waals surface area contributed by atoms with Crippen LogP contribution >= 0.6 is 0 Å². The third-order valence-corrected chi connectivity index (χ3v) is 2.83. The lowest BCUT2D eigenvalue weighted by atomic mass is 9.91. The van der Waals surface area contributed by atoms with Crippen LogP contribution in [-0.2, 0) is 5.41 Å². The van der Waals surface area contributed by atoms with Crippen molar-refractivity contribution in [2.75, 3.05) is 0 Å². The van der Waals surface area contributed by atoms with Gasteiger partial charge in [0.05, 0.1) is 5.69 Å². The fraction of sp³-hybridized carbons (Fsp3) is 0.312. The first-order valence-corrected chi connectivity index (χ1v) is 6.01. The summed E-state index contributed by atoms with van der Waals surface area (Å²) in [5.74, 6) is 0. The minimum atomic E-state index is 0.0971. The molecule has 17 heavy (non-hydrogen) atoms. The van der Waals surface area contributed by atoms with E-state index in [9.17, 15) is 0 Å². The van der Waals surface area contributed by atoms with Gasteiger partial charge in [-0.1, -0.05) is 50.6 Å². The van der Waals surface area contributed by atoms with Crippen LogP contribution in [0, 0.1) is 6.92 Å². The van der Waals surface area contributed by atoms with Gasteiger partial charge in [0, 0.05) is 16.7 Å². The molecule has 1 heteroatoms. The van der Waals surface area contributed by atoms with Crippen LogP contribution in [0.5, 0.6) is 0 Å². The van der Waals surface area contributed by atoms with Crippen molar-refractivity contribution in [2.45, 2.75) is 33.1 Å². The summed E-state index contributed by atoms with van der Waals surface area (Å²) in [5, 5.41) is 0. The molecule has 0 aliphatic rings. The predicted molar refractivity (Wildman–Crippen MR) is 73.1 cm³/mol. The number of hydrogen-bond acceptors (Lipinski definition) is 1. The topological polar surface area (TPSA) is 12.9 Å². The lowest BCUT2D eigenvalue weighted by molar-refractivity contribution is 0.570. The molecule has 0 aliphatic carbocycles. The van der Waals surface area contributed by atoms with E-state index in [1.54, 1.807) is 0 Å². The summed E-state index contributed by atoms with van der Waals surface area (Å²) in [6.07, 6.45) is 0. The maximum atomic E-state index is 4.76. The third kappa shape index (κ3) is 2.73. The van der Waals surface area contributed by atoms with Gasteiger partial charge in [0.2, 0.25) is 0 Å². The molecule has 88 valence electrons. The van der Waals surface area contributed by atoms with Gasteiger partial charge in [-0.2, -0.15) is 0 Å². The van der Waals surface area contributed by atoms with Crippen LogP contribution in [0.1, 0.15) is 32.0 Å². The average Bonchev–Trinajstić information content (AvgIpc) is 2.28. The standard InChI is InChI=1S/C16H19N/c1-12-7-5-8-13(11-12)14-9-6-10-15(17-14)16(2,3)4/h5-11H,1-4H3. The maximum Gasteiger partial charge on any atom is 0.0705 e. The zero-order valence-electron chi connectivity index (χ0n) is 11.0. The van der Waals surface area contributed by atoms with Crippen molar-refractivity contribution in [3.63, 3.8) is 0 Å². The van der Waals surface area contributed by atoms with Crippen LogP contribution in [0.2, 0.25) is 0 Å². The van der Waals surface area contributed by atoms with Gasteiger partial charge < -0.3 is 0 Å². The van der Waals surface area contributed by atoms with E-state index in [0.29, 0.717) is 0 Å². The first kappa shape index (κ1) is 11.8. The molecule has 0 N–H and O–H groups in total. The Labute approximate surface area is 104 Å². The lowest BCUT2D eigenvalue weighted by Crippen LogP contribution is -2.13. The smallest absolute Gasteiger partial charge is 0.0705 e. The molecular formula is C16H19N. The van der Waals surface area contributed by atoms with Crippen molar-refractivity contribution in [1.29, 1.82) is 0 Å². The summed E-state index contributed by atoms with van der Waals surface area (Å²) in [5.41, 5.74) is 4.75. The van der Waals surface area contributed by atoms with Gasteiger partial charge in [-0.15, -0.1) is 0 Å². The zero-order chi connectivity index (χ0) is 12.5. The molecule has 1 aromatic heterocycles. The molecule has 2 rings (SSSR count). The molecule has 0 atom stereocenters. The largest absolute Gasteiger partial charge is 0.252 e. The normalized spacial score (nSPS) is 11.5. The lowest BCUT2D eigenvalue weighted by Gasteiger charge is -2.18. The zero-order valence-corrected chi connectivity index (χ0v) is 11.0.